The minimum absolute atomic E-state index is 0.0731. The van der Waals surface area contributed by atoms with Crippen molar-refractivity contribution in [3.8, 4) is 0 Å². The van der Waals surface area contributed by atoms with E-state index in [-0.39, 0.29) is 12.0 Å². The van der Waals surface area contributed by atoms with E-state index >= 15 is 0 Å². The van der Waals surface area contributed by atoms with Crippen molar-refractivity contribution in [2.75, 3.05) is 13.7 Å². The Kier molecular flexibility index (Phi) is 4.94. The molecule has 0 aliphatic carbocycles. The molecule has 0 fully saturated rings. The first kappa shape index (κ1) is 9.43. The molecule has 0 bridgehead atoms. The Bertz CT molecular complexity index is 104. The van der Waals surface area contributed by atoms with Crippen LogP contribution in [0.5, 0.6) is 0 Å². The zero-order valence-electron chi connectivity index (χ0n) is 6.81. The molecule has 0 unspecified atom stereocenters. The first-order valence-electron chi connectivity index (χ1n) is 3.50. The van der Waals surface area contributed by atoms with E-state index < -0.39 is 0 Å². The van der Waals surface area contributed by atoms with E-state index in [9.17, 15) is 4.79 Å². The quantitative estimate of drug-likeness (QED) is 0.627. The number of nitrogens with one attached hydrogen (secondary N) is 1. The summed E-state index contributed by atoms with van der Waals surface area (Å²) in [5.74, 6) is 0.0731. The zero-order valence-corrected chi connectivity index (χ0v) is 6.81. The van der Waals surface area contributed by atoms with Crippen LogP contribution < -0.4 is 5.32 Å². The van der Waals surface area contributed by atoms with E-state index in [0.717, 1.165) is 0 Å². The summed E-state index contributed by atoms with van der Waals surface area (Å²) in [5, 5.41) is 2.72. The summed E-state index contributed by atoms with van der Waals surface area (Å²) in [5.41, 5.74) is 0. The van der Waals surface area contributed by atoms with Crippen LogP contribution in [0.4, 0.5) is 0 Å². The average molecular weight is 145 g/mol. The minimum Gasteiger partial charge on any atom is -0.380 e. The number of carbonyl (C=O) groups is 1. The molecule has 1 amide bonds. The molecule has 0 aromatic heterocycles. The fourth-order valence-electron chi connectivity index (χ4n) is 0.466. The van der Waals surface area contributed by atoms with Crippen LogP contribution in [0, 0.1) is 0 Å². The van der Waals surface area contributed by atoms with E-state index in [4.69, 9.17) is 4.74 Å². The van der Waals surface area contributed by atoms with Crippen LogP contribution in [0.25, 0.3) is 0 Å². The highest BCUT2D eigenvalue weighted by atomic mass is 16.5. The van der Waals surface area contributed by atoms with Crippen molar-refractivity contribution in [2.45, 2.75) is 26.4 Å². The summed E-state index contributed by atoms with van der Waals surface area (Å²) in [7, 11) is 1.63. The Balaban J connectivity index is 3.26. The Hall–Kier alpha value is -0.570. The highest BCUT2D eigenvalue weighted by Gasteiger charge is 2.00. The van der Waals surface area contributed by atoms with Crippen LogP contribution >= 0.6 is 0 Å². The molecule has 10 heavy (non-hydrogen) atoms. The van der Waals surface area contributed by atoms with Gasteiger partial charge in [-0.05, 0) is 6.92 Å². The first-order valence-corrected chi connectivity index (χ1v) is 3.50. The number of carbonyl (C=O) groups excluding carboxylic acids is 1. The predicted octanol–water partition coefficient (Wildman–Crippen LogP) is 0.547. The van der Waals surface area contributed by atoms with Crippen molar-refractivity contribution in [2.24, 2.45) is 0 Å². The zero-order chi connectivity index (χ0) is 7.98. The van der Waals surface area contributed by atoms with Crippen molar-refractivity contribution >= 4 is 5.91 Å². The van der Waals surface area contributed by atoms with E-state index in [1.165, 1.54) is 0 Å². The summed E-state index contributed by atoms with van der Waals surface area (Å²) < 4.78 is 4.93. The molecule has 0 radical (unpaired) electrons. The number of rotatable bonds is 4. The first-order chi connectivity index (χ1) is 4.70. The van der Waals surface area contributed by atoms with Gasteiger partial charge in [0.05, 0.1) is 6.10 Å². The minimum atomic E-state index is 0.0731. The lowest BCUT2D eigenvalue weighted by Crippen LogP contribution is -2.30. The molecular weight excluding hydrogens is 130 g/mol. The van der Waals surface area contributed by atoms with E-state index in [0.29, 0.717) is 13.0 Å². The number of methoxy groups -OCH3 is 1. The summed E-state index contributed by atoms with van der Waals surface area (Å²) in [6.07, 6.45) is 0.645. The molecule has 0 aliphatic heterocycles. The van der Waals surface area contributed by atoms with Crippen molar-refractivity contribution in [3.63, 3.8) is 0 Å². The fourth-order valence-corrected chi connectivity index (χ4v) is 0.466. The van der Waals surface area contributed by atoms with Crippen LogP contribution in [-0.4, -0.2) is 25.7 Å². The smallest absolute Gasteiger partial charge is 0.219 e. The predicted molar refractivity (Wildman–Crippen MR) is 39.8 cm³/mol. The van der Waals surface area contributed by atoms with Crippen molar-refractivity contribution in [1.29, 1.82) is 0 Å². The van der Waals surface area contributed by atoms with E-state index in [1.807, 2.05) is 13.8 Å². The second-order valence-corrected chi connectivity index (χ2v) is 2.20. The second kappa shape index (κ2) is 5.23. The van der Waals surface area contributed by atoms with Gasteiger partial charge < -0.3 is 10.1 Å². The molecule has 0 aromatic rings. The van der Waals surface area contributed by atoms with E-state index in [2.05, 4.69) is 5.32 Å². The standard InChI is InChI=1S/C7H15NO2/c1-4-7(9)8-5-6(2)10-3/h6H,4-5H2,1-3H3,(H,8,9)/t6-/m0/s1. The van der Waals surface area contributed by atoms with Gasteiger partial charge in [0.25, 0.3) is 0 Å². The molecule has 0 saturated carbocycles. The Morgan fingerprint density at radius 2 is 2.30 bits per heavy atom. The number of hydrogen-bond donors (Lipinski definition) is 1. The monoisotopic (exact) mass is 145 g/mol. The van der Waals surface area contributed by atoms with Gasteiger partial charge in [-0.25, -0.2) is 0 Å². The van der Waals surface area contributed by atoms with Gasteiger partial charge in [0.2, 0.25) is 5.91 Å². The molecule has 1 N–H and O–H groups in total. The van der Waals surface area contributed by atoms with Gasteiger partial charge >= 0.3 is 0 Å². The molecule has 0 aliphatic rings. The van der Waals surface area contributed by atoms with Gasteiger partial charge in [-0.15, -0.1) is 0 Å². The highest BCUT2D eigenvalue weighted by molar-refractivity contribution is 5.75. The van der Waals surface area contributed by atoms with E-state index in [1.54, 1.807) is 7.11 Å². The third-order valence-electron chi connectivity index (χ3n) is 1.31. The SMILES string of the molecule is CCC(=O)NC[C@H](C)OC. The lowest BCUT2D eigenvalue weighted by Gasteiger charge is -2.09. The van der Waals surface area contributed by atoms with Gasteiger partial charge in [0.15, 0.2) is 0 Å². The van der Waals surface area contributed by atoms with Crippen LogP contribution in [0.1, 0.15) is 20.3 Å². The van der Waals surface area contributed by atoms with Gasteiger partial charge in [-0.3, -0.25) is 4.79 Å². The molecule has 3 heteroatoms. The molecule has 0 aromatic carbocycles. The maximum atomic E-state index is 10.7. The average Bonchev–Trinajstić information content (AvgIpc) is 1.99. The molecule has 60 valence electrons. The number of amides is 1. The number of hydrogen-bond acceptors (Lipinski definition) is 2. The molecular formula is C7H15NO2. The van der Waals surface area contributed by atoms with Gasteiger partial charge in [0.1, 0.15) is 0 Å². The third kappa shape index (κ3) is 4.32. The van der Waals surface area contributed by atoms with Gasteiger partial charge in [-0.1, -0.05) is 6.92 Å². The molecule has 1 atom stereocenters. The Morgan fingerprint density at radius 3 is 2.70 bits per heavy atom. The van der Waals surface area contributed by atoms with Crippen LogP contribution in [-0.2, 0) is 9.53 Å². The Labute approximate surface area is 61.8 Å². The molecule has 0 rings (SSSR count). The largest absolute Gasteiger partial charge is 0.380 e. The highest BCUT2D eigenvalue weighted by Crippen LogP contribution is 1.84. The topological polar surface area (TPSA) is 38.3 Å². The molecule has 0 saturated heterocycles. The number of ether oxygens (including phenoxy) is 1. The second-order valence-electron chi connectivity index (χ2n) is 2.20. The third-order valence-corrected chi connectivity index (χ3v) is 1.31. The summed E-state index contributed by atoms with van der Waals surface area (Å²) in [4.78, 5) is 10.7. The lowest BCUT2D eigenvalue weighted by atomic mass is 10.4. The van der Waals surface area contributed by atoms with Crippen molar-refractivity contribution in [1.82, 2.24) is 5.32 Å². The van der Waals surface area contributed by atoms with Crippen LogP contribution in [0.3, 0.4) is 0 Å². The molecule has 0 spiro atoms. The van der Waals surface area contributed by atoms with Gasteiger partial charge in [-0.2, -0.15) is 0 Å². The van der Waals surface area contributed by atoms with Crippen LogP contribution in [0.15, 0.2) is 0 Å². The maximum absolute atomic E-state index is 10.7. The summed E-state index contributed by atoms with van der Waals surface area (Å²) >= 11 is 0. The molecule has 3 nitrogen and oxygen atoms in total. The van der Waals surface area contributed by atoms with Crippen molar-refractivity contribution in [3.05, 3.63) is 0 Å². The van der Waals surface area contributed by atoms with Crippen molar-refractivity contribution < 1.29 is 9.53 Å². The molecule has 0 heterocycles. The summed E-state index contributed by atoms with van der Waals surface area (Å²) in [6.45, 7) is 4.34. The van der Waals surface area contributed by atoms with Crippen LogP contribution in [0.2, 0.25) is 0 Å². The summed E-state index contributed by atoms with van der Waals surface area (Å²) in [6, 6.07) is 0. The maximum Gasteiger partial charge on any atom is 0.219 e. The fraction of sp³-hybridized carbons (Fsp3) is 0.857. The normalized spacial score (nSPS) is 12.7. The Morgan fingerprint density at radius 1 is 1.70 bits per heavy atom. The van der Waals surface area contributed by atoms with Gasteiger partial charge in [0, 0.05) is 20.1 Å². The lowest BCUT2D eigenvalue weighted by molar-refractivity contribution is -0.121.